The van der Waals surface area contributed by atoms with E-state index >= 15 is 0 Å². The molecule has 0 aliphatic carbocycles. The number of aliphatic imine (C=N–C) groups is 5. The van der Waals surface area contributed by atoms with Crippen LogP contribution in [0.4, 0.5) is 8.78 Å². The van der Waals surface area contributed by atoms with Gasteiger partial charge in [-0.15, -0.1) is 34.0 Å². The van der Waals surface area contributed by atoms with Crippen molar-refractivity contribution >= 4 is 160 Å². The first-order valence-corrected chi connectivity index (χ1v) is 46.7. The van der Waals surface area contributed by atoms with Crippen LogP contribution in [0.1, 0.15) is 241 Å². The Bertz CT molecular complexity index is 4440. The Kier molecular flexibility index (Phi) is 34.9. The topological polar surface area (TPSA) is 297 Å². The number of thiophene rings is 3. The molecule has 7 N–H and O–H groups in total. The van der Waals surface area contributed by atoms with Gasteiger partial charge in [0.25, 0.3) is 11.8 Å². The van der Waals surface area contributed by atoms with Crippen LogP contribution in [0.5, 0.6) is 0 Å². The van der Waals surface area contributed by atoms with Gasteiger partial charge < -0.3 is 50.9 Å². The van der Waals surface area contributed by atoms with Crippen LogP contribution in [0.15, 0.2) is 167 Å². The molecular formula is C87H115F2N13O9S8. The van der Waals surface area contributed by atoms with E-state index in [1.165, 1.54) is 81.8 Å². The fourth-order valence-corrected chi connectivity index (χ4v) is 20.3. The van der Waals surface area contributed by atoms with Gasteiger partial charge in [0, 0.05) is 47.0 Å². The maximum atomic E-state index is 13.2. The zero-order valence-electron chi connectivity index (χ0n) is 71.5. The molecule has 5 aliphatic rings. The maximum absolute atomic E-state index is 13.2. The van der Waals surface area contributed by atoms with Gasteiger partial charge in [0.1, 0.15) is 37.8 Å². The Morgan fingerprint density at radius 2 is 0.824 bits per heavy atom. The highest BCUT2D eigenvalue weighted by Crippen LogP contribution is 2.44. The fourth-order valence-electron chi connectivity index (χ4n) is 12.4. The van der Waals surface area contributed by atoms with Crippen molar-refractivity contribution in [3.8, 4) is 0 Å². The van der Waals surface area contributed by atoms with E-state index in [4.69, 9.17) is 4.42 Å². The third-order valence-electron chi connectivity index (χ3n) is 21.0. The number of rotatable bonds is 27. The monoisotopic (exact) mass is 1780 g/mol. The molecule has 7 amide bonds. The molecule has 3 unspecified atom stereocenters. The molecule has 644 valence electrons. The number of thioether (sulfide) groups is 5. The predicted octanol–water partition coefficient (Wildman–Crippen LogP) is 19.3. The van der Waals surface area contributed by atoms with Crippen LogP contribution in [0.3, 0.4) is 0 Å². The van der Waals surface area contributed by atoms with E-state index < -0.39 is 29.3 Å². The molecule has 0 radical (unpaired) electrons. The Morgan fingerprint density at radius 3 is 1.14 bits per heavy atom. The number of aliphatic hydroxyl groups is 1. The summed E-state index contributed by atoms with van der Waals surface area (Å²) in [6.07, 6.45) is 7.33. The first kappa shape index (κ1) is 96.8. The molecule has 5 fully saturated rings. The van der Waals surface area contributed by atoms with Crippen molar-refractivity contribution in [1.29, 1.82) is 0 Å². The third kappa shape index (κ3) is 26.4. The van der Waals surface area contributed by atoms with Gasteiger partial charge in [0.05, 0.1) is 57.1 Å². The lowest BCUT2D eigenvalue weighted by Crippen LogP contribution is -2.50. The standard InChI is InChI=1S/C24H31FN4O2S.C24H30FN3O3S.C13H18N2O2S2.2C13H18N2OS2/c1-16(2)15-29(21(30)20-7-5-13-26-20)14-6-12-24(4)22(31)28-23(32-24)27-17(3)18-8-10-19(25)11-9-18;1-16(2)14-28(21(29)19-10-13-31-15-19)12-5-11-24(4)22(30)27-23(32-24)26-17(3)18-6-8-20(25)9-7-18;1-8(9-6-5-7-18-9)14-11-15-10(16)13(4,19-11)12(2,3)17;2*1-8(2)13(4)11(16)15-12(18-13)14-9(3)10-6-5-7-17-10/h5,7-11,13,16-17,26H,6,12,14-15H2,1-4H3,(H,27,28,31);6-10,13,15-17H,5,11-12,14H2,1-4H3,(H,26,27,30);5-8,17H,1-4H3,(H,14,15,16);2*5-9H,1-4H3,(H,14,15,16)/t2*17-,24?;8-,13?;9-,13+;9-,13-/m00000/s1. The summed E-state index contributed by atoms with van der Waals surface area (Å²) in [6, 6.07) is 29.7. The van der Waals surface area contributed by atoms with E-state index in [1.54, 1.807) is 121 Å². The minimum Gasteiger partial charge on any atom is -0.472 e. The van der Waals surface area contributed by atoms with Gasteiger partial charge in [-0.2, -0.15) is 0 Å². The summed E-state index contributed by atoms with van der Waals surface area (Å²) in [5, 5.41) is 33.8. The number of hydrogen-bond donors (Lipinski definition) is 7. The number of nitrogens with one attached hydrogen (secondary N) is 6. The number of carbonyl (C=O) groups excluding carboxylic acids is 7. The summed E-state index contributed by atoms with van der Waals surface area (Å²) in [5.74, 6) is 0.388. The van der Waals surface area contributed by atoms with E-state index in [1.807, 2.05) is 105 Å². The fraction of sp³-hybridized carbons (Fsp3) is 0.494. The number of halogens is 2. The summed E-state index contributed by atoms with van der Waals surface area (Å²) in [5.41, 5.74) is 1.77. The molecule has 7 aromatic rings. The van der Waals surface area contributed by atoms with Crippen LogP contribution < -0.4 is 26.6 Å². The highest BCUT2D eigenvalue weighted by molar-refractivity contribution is 8.17. The number of amidine groups is 5. The third-order valence-corrected chi connectivity index (χ3v) is 31.0. The number of furan rings is 1. The zero-order valence-corrected chi connectivity index (χ0v) is 78.0. The van der Waals surface area contributed by atoms with Crippen molar-refractivity contribution < 1.29 is 51.9 Å². The van der Waals surface area contributed by atoms with Gasteiger partial charge in [-0.1, -0.05) is 157 Å². The number of aromatic nitrogens is 1. The number of benzene rings is 2. The van der Waals surface area contributed by atoms with Gasteiger partial charge >= 0.3 is 0 Å². The Balaban J connectivity index is 0.000000190. The van der Waals surface area contributed by atoms with Crippen molar-refractivity contribution in [2.45, 2.75) is 224 Å². The Morgan fingerprint density at radius 1 is 0.462 bits per heavy atom. The number of aromatic amines is 1. The van der Waals surface area contributed by atoms with E-state index in [9.17, 15) is 47.4 Å². The van der Waals surface area contributed by atoms with Crippen molar-refractivity contribution in [3.63, 3.8) is 0 Å². The predicted molar refractivity (Wildman–Crippen MR) is 491 cm³/mol. The molecule has 5 saturated heterocycles. The lowest BCUT2D eigenvalue weighted by Gasteiger charge is -2.32. The van der Waals surface area contributed by atoms with Crippen molar-refractivity contribution in [1.82, 2.24) is 41.4 Å². The lowest BCUT2D eigenvalue weighted by atomic mass is 9.91. The van der Waals surface area contributed by atoms with Crippen molar-refractivity contribution in [3.05, 3.63) is 187 Å². The Hall–Kier alpha value is -7.69. The van der Waals surface area contributed by atoms with Crippen molar-refractivity contribution in [2.75, 3.05) is 26.2 Å². The van der Waals surface area contributed by atoms with Gasteiger partial charge in [0.2, 0.25) is 29.5 Å². The molecular weight excluding hydrogens is 1670 g/mol. The Labute approximate surface area is 732 Å². The first-order chi connectivity index (χ1) is 56.0. The van der Waals surface area contributed by atoms with Gasteiger partial charge in [-0.05, 0) is 220 Å². The smallest absolute Gasteiger partial charge is 0.270 e. The first-order valence-electron chi connectivity index (χ1n) is 39.9. The normalized spacial score (nSPS) is 23.9. The highest BCUT2D eigenvalue weighted by Gasteiger charge is 2.53. The molecule has 10 heterocycles. The van der Waals surface area contributed by atoms with E-state index in [2.05, 4.69) is 138 Å². The van der Waals surface area contributed by atoms with Crippen LogP contribution in [0, 0.1) is 35.3 Å². The summed E-state index contributed by atoms with van der Waals surface area (Å²) in [6.45, 7) is 41.8. The second-order valence-corrected chi connectivity index (χ2v) is 42.9. The molecule has 0 bridgehead atoms. The average Bonchev–Trinajstić information content (AvgIpc) is 1.63. The summed E-state index contributed by atoms with van der Waals surface area (Å²) >= 11 is 12.3. The van der Waals surface area contributed by atoms with Gasteiger partial charge in [0.15, 0.2) is 25.8 Å². The second-order valence-electron chi connectivity index (χ2n) is 32.7. The molecule has 5 aliphatic heterocycles. The van der Waals surface area contributed by atoms with E-state index in [0.29, 0.717) is 90.5 Å². The molecule has 0 saturated carbocycles. The SMILES string of the molecule is CC(C)CN(CCCC1(C)SC(=N[C@@H](C)c2ccc(F)cc2)NC1=O)C(=O)c1ccc[nH]1.CC(C)CN(CCCC1(C)SC(=N[C@@H](C)c2ccc(F)cc2)NC1=O)C(=O)c1ccoc1.CC(C)[C@@]1(C)SC(=N[C@@H](C)c2cccs2)NC1=O.CC(C)[C@]1(C)SC(=N[C@@H](C)c2cccs2)NC1=O.C[C@H](N=C1NC(=O)C(C)(C(C)(C)O)S1)c1cccs1. The van der Waals surface area contributed by atoms with Crippen LogP contribution in [-0.2, 0) is 24.0 Å². The van der Waals surface area contributed by atoms with Crippen LogP contribution in [-0.4, -0.2) is 143 Å². The molecule has 32 heteroatoms. The zero-order chi connectivity index (χ0) is 87.5. The van der Waals surface area contributed by atoms with Gasteiger partial charge in [-0.25, -0.2) is 8.78 Å². The average molecular weight is 1780 g/mol. The second kappa shape index (κ2) is 42.9. The molecule has 5 aromatic heterocycles. The number of nitrogens with zero attached hydrogens (tertiary/aromatic N) is 7. The summed E-state index contributed by atoms with van der Waals surface area (Å²) in [4.78, 5) is 120. The van der Waals surface area contributed by atoms with Crippen LogP contribution in [0.25, 0.3) is 0 Å². The number of hydrogen-bond acceptors (Lipinski definition) is 22. The number of amides is 7. The summed E-state index contributed by atoms with van der Waals surface area (Å²) < 4.78 is 28.4. The van der Waals surface area contributed by atoms with Crippen LogP contribution >= 0.6 is 92.8 Å². The molecule has 2 aromatic carbocycles. The molecule has 119 heavy (non-hydrogen) atoms. The molecule has 22 nitrogen and oxygen atoms in total. The highest BCUT2D eigenvalue weighted by atomic mass is 32.2. The quantitative estimate of drug-likeness (QED) is 0.0252. The summed E-state index contributed by atoms with van der Waals surface area (Å²) in [7, 11) is 0. The molecule has 0 spiro atoms. The van der Waals surface area contributed by atoms with E-state index in [0.717, 1.165) is 26.3 Å². The number of H-pyrrole nitrogens is 1. The largest absolute Gasteiger partial charge is 0.472 e. The van der Waals surface area contributed by atoms with Gasteiger partial charge in [-0.3, -0.25) is 58.5 Å². The minimum atomic E-state index is -1.11. The lowest BCUT2D eigenvalue weighted by molar-refractivity contribution is -0.126. The minimum absolute atomic E-state index is 0.00644. The molecule has 10 atom stereocenters. The maximum Gasteiger partial charge on any atom is 0.270 e. The molecule has 12 rings (SSSR count). The van der Waals surface area contributed by atoms with Crippen LogP contribution in [0.2, 0.25) is 0 Å². The van der Waals surface area contributed by atoms with E-state index in [-0.39, 0.29) is 95.0 Å². The number of carbonyl (C=O) groups is 7. The van der Waals surface area contributed by atoms with Crippen molar-refractivity contribution in [2.24, 2.45) is 48.6 Å².